The number of H-pyrrole nitrogens is 1. The van der Waals surface area contributed by atoms with Crippen molar-refractivity contribution in [2.75, 3.05) is 18.5 Å². The third-order valence-corrected chi connectivity index (χ3v) is 4.82. The summed E-state index contributed by atoms with van der Waals surface area (Å²) in [7, 11) is 0. The number of nitrogens with one attached hydrogen (secondary N) is 2. The van der Waals surface area contributed by atoms with Crippen LogP contribution in [0.1, 0.15) is 20.8 Å². The van der Waals surface area contributed by atoms with Crippen LogP contribution in [0.25, 0.3) is 11.0 Å². The van der Waals surface area contributed by atoms with Gasteiger partial charge in [0.25, 0.3) is 0 Å². The van der Waals surface area contributed by atoms with Gasteiger partial charge >= 0.3 is 0 Å². The lowest BCUT2D eigenvalue weighted by Gasteiger charge is -2.11. The molecule has 1 amide bonds. The molecule has 0 saturated heterocycles. The molecule has 142 valence electrons. The summed E-state index contributed by atoms with van der Waals surface area (Å²) in [6, 6.07) is 13.1. The first-order valence-corrected chi connectivity index (χ1v) is 9.80. The number of thioether (sulfide) groups is 1. The summed E-state index contributed by atoms with van der Waals surface area (Å²) in [5.41, 5.74) is 2.48. The van der Waals surface area contributed by atoms with E-state index in [4.69, 9.17) is 9.47 Å². The van der Waals surface area contributed by atoms with Crippen LogP contribution in [-0.2, 0) is 4.79 Å². The van der Waals surface area contributed by atoms with Crippen molar-refractivity contribution < 1.29 is 14.3 Å². The number of amides is 1. The molecular weight excluding hydrogens is 362 g/mol. The van der Waals surface area contributed by atoms with Gasteiger partial charge in [0.05, 0.1) is 29.5 Å². The zero-order valence-corrected chi connectivity index (χ0v) is 16.4. The quantitative estimate of drug-likeness (QED) is 0.559. The van der Waals surface area contributed by atoms with Gasteiger partial charge < -0.3 is 19.8 Å². The number of aromatic amines is 1. The number of anilines is 1. The minimum absolute atomic E-state index is 0.0837. The maximum atomic E-state index is 12.5. The van der Waals surface area contributed by atoms with Crippen LogP contribution >= 0.6 is 11.8 Å². The van der Waals surface area contributed by atoms with Gasteiger partial charge in [0.1, 0.15) is 11.5 Å². The van der Waals surface area contributed by atoms with Crippen LogP contribution in [-0.4, -0.2) is 34.3 Å². The predicted octanol–water partition coefficient (Wildman–Crippen LogP) is 4.48. The highest BCUT2D eigenvalue weighted by atomic mass is 32.2. The van der Waals surface area contributed by atoms with E-state index in [2.05, 4.69) is 15.3 Å². The molecule has 27 heavy (non-hydrogen) atoms. The molecule has 0 bridgehead atoms. The molecule has 0 aliphatic heterocycles. The Kier molecular flexibility index (Phi) is 6.24. The Bertz CT molecular complexity index is 908. The summed E-state index contributed by atoms with van der Waals surface area (Å²) in [6.07, 6.45) is 0. The molecule has 3 aromatic rings. The average Bonchev–Trinajstić information content (AvgIpc) is 3.05. The summed E-state index contributed by atoms with van der Waals surface area (Å²) in [5, 5.41) is 3.31. The Morgan fingerprint density at radius 1 is 1.11 bits per heavy atom. The molecule has 2 aromatic carbocycles. The van der Waals surface area contributed by atoms with Crippen LogP contribution in [0, 0.1) is 0 Å². The first-order valence-electron chi connectivity index (χ1n) is 8.92. The highest BCUT2D eigenvalue weighted by Crippen LogP contribution is 2.26. The molecule has 1 aromatic heterocycles. The summed E-state index contributed by atoms with van der Waals surface area (Å²) < 4.78 is 10.9. The van der Waals surface area contributed by atoms with Crippen LogP contribution in [0.4, 0.5) is 5.69 Å². The van der Waals surface area contributed by atoms with Gasteiger partial charge in [-0.1, -0.05) is 11.8 Å². The van der Waals surface area contributed by atoms with Gasteiger partial charge in [-0.05, 0) is 57.2 Å². The SMILES string of the molecule is CCOc1ccc(NC(=O)C(C)Sc2nc3ccc(OCC)cc3[nH]2)cc1. The van der Waals surface area contributed by atoms with Crippen molar-refractivity contribution in [2.24, 2.45) is 0 Å². The first kappa shape index (κ1) is 19.1. The molecule has 0 radical (unpaired) electrons. The lowest BCUT2D eigenvalue weighted by molar-refractivity contribution is -0.115. The third-order valence-electron chi connectivity index (χ3n) is 3.83. The molecular formula is C20H23N3O3S. The molecule has 0 fully saturated rings. The fourth-order valence-electron chi connectivity index (χ4n) is 2.54. The van der Waals surface area contributed by atoms with Crippen molar-refractivity contribution in [1.82, 2.24) is 9.97 Å². The molecule has 1 unspecified atom stereocenters. The highest BCUT2D eigenvalue weighted by molar-refractivity contribution is 8.00. The van der Waals surface area contributed by atoms with E-state index in [1.54, 1.807) is 0 Å². The molecule has 0 aliphatic rings. The van der Waals surface area contributed by atoms with Gasteiger partial charge in [-0.2, -0.15) is 0 Å². The maximum absolute atomic E-state index is 12.5. The monoisotopic (exact) mass is 385 g/mol. The molecule has 7 heteroatoms. The standard InChI is InChI=1S/C20H23N3O3S/c1-4-25-15-8-6-14(7-9-15)21-19(24)13(3)27-20-22-17-11-10-16(26-5-2)12-18(17)23-20/h6-13H,4-5H2,1-3H3,(H,21,24)(H,22,23). The minimum atomic E-state index is -0.302. The number of rotatable bonds is 8. The van der Waals surface area contributed by atoms with E-state index in [-0.39, 0.29) is 11.2 Å². The van der Waals surface area contributed by atoms with Crippen LogP contribution in [0.15, 0.2) is 47.6 Å². The van der Waals surface area contributed by atoms with E-state index < -0.39 is 0 Å². The second-order valence-corrected chi connectivity index (χ2v) is 7.19. The molecule has 0 saturated carbocycles. The van der Waals surface area contributed by atoms with Crippen LogP contribution in [0.2, 0.25) is 0 Å². The Morgan fingerprint density at radius 3 is 2.48 bits per heavy atom. The normalized spacial score (nSPS) is 12.0. The van der Waals surface area contributed by atoms with E-state index in [0.717, 1.165) is 28.2 Å². The smallest absolute Gasteiger partial charge is 0.237 e. The Hall–Kier alpha value is -2.67. The van der Waals surface area contributed by atoms with Crippen molar-refractivity contribution in [2.45, 2.75) is 31.2 Å². The van der Waals surface area contributed by atoms with Crippen LogP contribution in [0.3, 0.4) is 0 Å². The number of imidazole rings is 1. The fraction of sp³-hybridized carbons (Fsp3) is 0.300. The molecule has 6 nitrogen and oxygen atoms in total. The van der Waals surface area contributed by atoms with Crippen molar-refractivity contribution in [3.05, 3.63) is 42.5 Å². The second-order valence-electron chi connectivity index (χ2n) is 5.86. The number of hydrogen-bond donors (Lipinski definition) is 2. The van der Waals surface area contributed by atoms with E-state index in [9.17, 15) is 4.79 Å². The van der Waals surface area contributed by atoms with Gasteiger partial charge in [-0.3, -0.25) is 4.79 Å². The highest BCUT2D eigenvalue weighted by Gasteiger charge is 2.17. The summed E-state index contributed by atoms with van der Waals surface area (Å²) in [6.45, 7) is 6.97. The molecule has 1 atom stereocenters. The molecule has 3 rings (SSSR count). The number of hydrogen-bond acceptors (Lipinski definition) is 5. The topological polar surface area (TPSA) is 76.2 Å². The van der Waals surface area contributed by atoms with Crippen molar-refractivity contribution >= 4 is 34.4 Å². The summed E-state index contributed by atoms with van der Waals surface area (Å²) >= 11 is 1.38. The molecule has 0 spiro atoms. The van der Waals surface area contributed by atoms with Gasteiger partial charge in [0, 0.05) is 11.8 Å². The predicted molar refractivity (Wildman–Crippen MR) is 109 cm³/mol. The van der Waals surface area contributed by atoms with Gasteiger partial charge in [0.15, 0.2) is 5.16 Å². The van der Waals surface area contributed by atoms with Crippen molar-refractivity contribution in [3.63, 3.8) is 0 Å². The van der Waals surface area contributed by atoms with Gasteiger partial charge in [-0.15, -0.1) is 0 Å². The number of carbonyl (C=O) groups excluding carboxylic acids is 1. The average molecular weight is 385 g/mol. The van der Waals surface area contributed by atoms with Crippen LogP contribution in [0.5, 0.6) is 11.5 Å². The number of ether oxygens (including phenoxy) is 2. The van der Waals surface area contributed by atoms with Gasteiger partial charge in [-0.25, -0.2) is 4.98 Å². The Balaban J connectivity index is 1.62. The van der Waals surface area contributed by atoms with E-state index in [1.807, 2.05) is 63.2 Å². The maximum Gasteiger partial charge on any atom is 0.237 e. The number of benzene rings is 2. The number of fused-ring (bicyclic) bond motifs is 1. The van der Waals surface area contributed by atoms with Gasteiger partial charge in [0.2, 0.25) is 5.91 Å². The Labute approximate surface area is 162 Å². The summed E-state index contributed by atoms with van der Waals surface area (Å²) in [5.74, 6) is 1.50. The first-order chi connectivity index (χ1) is 13.1. The van der Waals surface area contributed by atoms with Crippen molar-refractivity contribution in [1.29, 1.82) is 0 Å². The largest absolute Gasteiger partial charge is 0.494 e. The summed E-state index contributed by atoms with van der Waals surface area (Å²) in [4.78, 5) is 20.2. The minimum Gasteiger partial charge on any atom is -0.494 e. The van der Waals surface area contributed by atoms with Crippen molar-refractivity contribution in [3.8, 4) is 11.5 Å². The zero-order valence-electron chi connectivity index (χ0n) is 15.6. The zero-order chi connectivity index (χ0) is 19.2. The lowest BCUT2D eigenvalue weighted by Crippen LogP contribution is -2.22. The molecule has 2 N–H and O–H groups in total. The molecule has 0 aliphatic carbocycles. The van der Waals surface area contributed by atoms with Crippen LogP contribution < -0.4 is 14.8 Å². The second kappa shape index (κ2) is 8.81. The third kappa shape index (κ3) is 4.95. The van der Waals surface area contributed by atoms with E-state index >= 15 is 0 Å². The fourth-order valence-corrected chi connectivity index (χ4v) is 3.36. The van der Waals surface area contributed by atoms with E-state index in [0.29, 0.717) is 18.4 Å². The number of carbonyl (C=O) groups is 1. The Morgan fingerprint density at radius 2 is 1.78 bits per heavy atom. The lowest BCUT2D eigenvalue weighted by atomic mass is 10.3. The number of aromatic nitrogens is 2. The molecule has 1 heterocycles. The van der Waals surface area contributed by atoms with E-state index in [1.165, 1.54) is 11.8 Å². The number of nitrogens with zero attached hydrogens (tertiary/aromatic N) is 1.